The van der Waals surface area contributed by atoms with Gasteiger partial charge in [-0.2, -0.15) is 0 Å². The maximum absolute atomic E-state index is 9.04. The molecule has 1 N–H and O–H groups in total. The highest BCUT2D eigenvalue weighted by Gasteiger charge is 2.40. The Balaban J connectivity index is 2.04. The molecule has 0 aromatic heterocycles. The number of hydrogen-bond acceptors (Lipinski definition) is 4. The summed E-state index contributed by atoms with van der Waals surface area (Å²) in [6.07, 6.45) is 13.3. The van der Waals surface area contributed by atoms with Crippen LogP contribution < -0.4 is 0 Å². The van der Waals surface area contributed by atoms with E-state index >= 15 is 0 Å². The van der Waals surface area contributed by atoms with E-state index in [9.17, 15) is 0 Å². The first-order valence-electron chi connectivity index (χ1n) is 8.34. The molecule has 1 saturated carbocycles. The Morgan fingerprint density at radius 2 is 1.65 bits per heavy atom. The van der Waals surface area contributed by atoms with E-state index in [-0.39, 0.29) is 18.3 Å². The molecule has 118 valence electrons. The molecule has 4 nitrogen and oxygen atoms in total. The lowest BCUT2D eigenvalue weighted by molar-refractivity contribution is -0.354. The van der Waals surface area contributed by atoms with E-state index in [1.54, 1.807) is 0 Å². The first-order valence-corrected chi connectivity index (χ1v) is 8.34. The second-order valence-electron chi connectivity index (χ2n) is 6.36. The van der Waals surface area contributed by atoms with Crippen LogP contribution in [0.25, 0.3) is 0 Å². The van der Waals surface area contributed by atoms with Gasteiger partial charge in [-0.1, -0.05) is 44.9 Å². The van der Waals surface area contributed by atoms with Crippen LogP contribution in [0, 0.1) is 5.41 Å². The average molecular weight is 286 g/mol. The van der Waals surface area contributed by atoms with Gasteiger partial charge in [0.1, 0.15) is 12.9 Å². The van der Waals surface area contributed by atoms with Crippen molar-refractivity contribution < 1.29 is 19.6 Å². The zero-order valence-electron chi connectivity index (χ0n) is 12.6. The normalized spacial score (nSPS) is 28.9. The Morgan fingerprint density at radius 1 is 0.950 bits per heavy atom. The van der Waals surface area contributed by atoms with Crippen molar-refractivity contribution in [3.05, 3.63) is 0 Å². The van der Waals surface area contributed by atoms with Crippen LogP contribution in [0.5, 0.6) is 0 Å². The SMILES string of the molecule is OCOCC1(C2CCCCCOO2)CCCCCCC1. The second-order valence-corrected chi connectivity index (χ2v) is 6.36. The molecule has 1 aliphatic heterocycles. The third-order valence-electron chi connectivity index (χ3n) is 4.89. The summed E-state index contributed by atoms with van der Waals surface area (Å²) < 4.78 is 5.42. The maximum atomic E-state index is 9.04. The quantitative estimate of drug-likeness (QED) is 0.634. The van der Waals surface area contributed by atoms with Gasteiger partial charge in [-0.25, -0.2) is 9.78 Å². The van der Waals surface area contributed by atoms with Gasteiger partial charge in [-0.05, 0) is 25.7 Å². The van der Waals surface area contributed by atoms with Gasteiger partial charge in [0.2, 0.25) is 0 Å². The summed E-state index contributed by atoms with van der Waals surface area (Å²) in [7, 11) is 0. The van der Waals surface area contributed by atoms with Crippen LogP contribution in [0.3, 0.4) is 0 Å². The van der Waals surface area contributed by atoms with Crippen molar-refractivity contribution in [2.75, 3.05) is 20.0 Å². The topological polar surface area (TPSA) is 47.9 Å². The van der Waals surface area contributed by atoms with E-state index in [2.05, 4.69) is 0 Å². The average Bonchev–Trinajstić information content (AvgIpc) is 2.38. The van der Waals surface area contributed by atoms with Gasteiger partial charge in [0.25, 0.3) is 0 Å². The van der Waals surface area contributed by atoms with Crippen LogP contribution in [0.4, 0.5) is 0 Å². The summed E-state index contributed by atoms with van der Waals surface area (Å²) >= 11 is 0. The second kappa shape index (κ2) is 8.98. The molecule has 4 heteroatoms. The summed E-state index contributed by atoms with van der Waals surface area (Å²) in [4.78, 5) is 11.2. The molecule has 1 aliphatic carbocycles. The fourth-order valence-electron chi connectivity index (χ4n) is 3.67. The molecule has 1 atom stereocenters. The number of rotatable bonds is 4. The zero-order valence-corrected chi connectivity index (χ0v) is 12.6. The van der Waals surface area contributed by atoms with Crippen LogP contribution >= 0.6 is 0 Å². The summed E-state index contributed by atoms with van der Waals surface area (Å²) in [5.41, 5.74) is 0.0283. The monoisotopic (exact) mass is 286 g/mol. The van der Waals surface area contributed by atoms with Gasteiger partial charge < -0.3 is 9.84 Å². The molecule has 2 fully saturated rings. The van der Waals surface area contributed by atoms with Crippen molar-refractivity contribution in [2.45, 2.75) is 76.7 Å². The molecule has 20 heavy (non-hydrogen) atoms. The highest BCUT2D eigenvalue weighted by Crippen LogP contribution is 2.41. The molecule has 0 aromatic rings. The highest BCUT2D eigenvalue weighted by molar-refractivity contribution is 4.88. The molecular weight excluding hydrogens is 256 g/mol. The fourth-order valence-corrected chi connectivity index (χ4v) is 3.67. The van der Waals surface area contributed by atoms with Crippen LogP contribution in [-0.2, 0) is 14.5 Å². The van der Waals surface area contributed by atoms with E-state index in [1.807, 2.05) is 0 Å². The zero-order chi connectivity index (χ0) is 14.1. The summed E-state index contributed by atoms with van der Waals surface area (Å²) in [5, 5.41) is 9.04. The standard InChI is InChI=1S/C16H30O4/c17-14-18-13-16(10-6-2-1-3-7-11-16)15-9-5-4-8-12-19-20-15/h15,17H,1-14H2. The number of aliphatic hydroxyl groups excluding tert-OH is 1. The highest BCUT2D eigenvalue weighted by atomic mass is 17.2. The predicted molar refractivity (Wildman–Crippen MR) is 77.1 cm³/mol. The van der Waals surface area contributed by atoms with Gasteiger partial charge in [0, 0.05) is 5.41 Å². The van der Waals surface area contributed by atoms with Crippen LogP contribution in [0.1, 0.15) is 70.6 Å². The fraction of sp³-hybridized carbons (Fsp3) is 1.00. The van der Waals surface area contributed by atoms with Crippen molar-refractivity contribution in [2.24, 2.45) is 5.41 Å². The van der Waals surface area contributed by atoms with E-state index in [1.165, 1.54) is 44.9 Å². The minimum absolute atomic E-state index is 0.0283. The van der Waals surface area contributed by atoms with Gasteiger partial charge in [-0.15, -0.1) is 0 Å². The third kappa shape index (κ3) is 4.69. The summed E-state index contributed by atoms with van der Waals surface area (Å²) in [6.45, 7) is 1.10. The molecular formula is C16H30O4. The molecule has 1 unspecified atom stereocenters. The molecule has 1 saturated heterocycles. The third-order valence-corrected chi connectivity index (χ3v) is 4.89. The number of aliphatic hydroxyl groups is 1. The number of hydrogen-bond donors (Lipinski definition) is 1. The van der Waals surface area contributed by atoms with Crippen molar-refractivity contribution in [3.63, 3.8) is 0 Å². The molecule has 0 aromatic carbocycles. The molecule has 2 aliphatic rings. The van der Waals surface area contributed by atoms with E-state index in [0.29, 0.717) is 13.2 Å². The van der Waals surface area contributed by atoms with Crippen molar-refractivity contribution in [3.8, 4) is 0 Å². The first kappa shape index (κ1) is 16.2. The minimum Gasteiger partial charge on any atom is -0.371 e. The first-order chi connectivity index (χ1) is 9.87. The Hall–Kier alpha value is -0.160. The summed E-state index contributed by atoms with van der Waals surface area (Å²) in [5.74, 6) is 0. The molecule has 0 bridgehead atoms. The van der Waals surface area contributed by atoms with Crippen molar-refractivity contribution in [1.82, 2.24) is 0 Å². The van der Waals surface area contributed by atoms with Crippen molar-refractivity contribution >= 4 is 0 Å². The van der Waals surface area contributed by atoms with E-state index in [4.69, 9.17) is 19.6 Å². The Kier molecular flexibility index (Phi) is 7.28. The molecule has 0 spiro atoms. The minimum atomic E-state index is -0.199. The van der Waals surface area contributed by atoms with Gasteiger partial charge in [-0.3, -0.25) is 0 Å². The van der Waals surface area contributed by atoms with Crippen LogP contribution in [0.2, 0.25) is 0 Å². The lowest BCUT2D eigenvalue weighted by Crippen LogP contribution is -2.42. The Morgan fingerprint density at radius 3 is 2.40 bits per heavy atom. The van der Waals surface area contributed by atoms with Crippen LogP contribution in [0.15, 0.2) is 0 Å². The summed E-state index contributed by atoms with van der Waals surface area (Å²) in [6, 6.07) is 0. The van der Waals surface area contributed by atoms with Crippen LogP contribution in [-0.4, -0.2) is 31.2 Å². The van der Waals surface area contributed by atoms with Gasteiger partial charge >= 0.3 is 0 Å². The molecule has 1 heterocycles. The molecule has 0 amide bonds. The maximum Gasteiger partial charge on any atom is 0.143 e. The van der Waals surface area contributed by atoms with Crippen molar-refractivity contribution in [1.29, 1.82) is 0 Å². The smallest absolute Gasteiger partial charge is 0.143 e. The van der Waals surface area contributed by atoms with Gasteiger partial charge in [0.05, 0.1) is 13.2 Å². The Labute approximate surface area is 122 Å². The molecule has 0 radical (unpaired) electrons. The largest absolute Gasteiger partial charge is 0.371 e. The number of ether oxygens (including phenoxy) is 1. The van der Waals surface area contributed by atoms with E-state index < -0.39 is 0 Å². The molecule has 2 rings (SSSR count). The lowest BCUT2D eigenvalue weighted by atomic mass is 9.71. The van der Waals surface area contributed by atoms with Gasteiger partial charge in [0.15, 0.2) is 0 Å². The lowest BCUT2D eigenvalue weighted by Gasteiger charge is -2.41. The predicted octanol–water partition coefficient (Wildman–Crippen LogP) is 3.57. The van der Waals surface area contributed by atoms with E-state index in [0.717, 1.165) is 25.7 Å². The Bertz CT molecular complexity index is 235.